The molecule has 11 heteroatoms. The van der Waals surface area contributed by atoms with Crippen LogP contribution in [0.25, 0.3) is 17.2 Å². The number of ether oxygens (including phenoxy) is 2. The number of fused-ring (bicyclic) bond motifs is 1. The number of rotatable bonds is 9. The molecule has 0 unspecified atom stereocenters. The first-order chi connectivity index (χ1) is 19.7. The first kappa shape index (κ1) is 29.0. The Morgan fingerprint density at radius 1 is 1.15 bits per heavy atom. The van der Waals surface area contributed by atoms with Crippen molar-refractivity contribution in [2.24, 2.45) is 5.92 Å². The second kappa shape index (κ2) is 13.0. The molecule has 2 aliphatic rings. The van der Waals surface area contributed by atoms with Crippen LogP contribution >= 0.6 is 0 Å². The normalized spacial score (nSPS) is 18.4. The molecule has 0 aromatic carbocycles. The highest BCUT2D eigenvalue weighted by Crippen LogP contribution is 2.25. The maximum Gasteiger partial charge on any atom is 0.410 e. The number of imidazole rings is 1. The van der Waals surface area contributed by atoms with Crippen molar-refractivity contribution in [2.45, 2.75) is 77.4 Å². The minimum absolute atomic E-state index is 0.00553. The van der Waals surface area contributed by atoms with E-state index >= 15 is 0 Å². The van der Waals surface area contributed by atoms with Crippen LogP contribution in [0.2, 0.25) is 0 Å². The van der Waals surface area contributed by atoms with Gasteiger partial charge in [0, 0.05) is 51.2 Å². The molecule has 0 aliphatic carbocycles. The molecule has 0 saturated carbocycles. The zero-order valence-corrected chi connectivity index (χ0v) is 24.4. The molecule has 41 heavy (non-hydrogen) atoms. The van der Waals surface area contributed by atoms with Gasteiger partial charge in [-0.1, -0.05) is 12.8 Å². The summed E-state index contributed by atoms with van der Waals surface area (Å²) >= 11 is 0. The van der Waals surface area contributed by atoms with Crippen LogP contribution in [-0.2, 0) is 9.47 Å². The molecule has 1 atom stereocenters. The van der Waals surface area contributed by atoms with Gasteiger partial charge in [0.05, 0.1) is 6.20 Å². The maximum absolute atomic E-state index is 14.1. The largest absolute Gasteiger partial charge is 0.444 e. The van der Waals surface area contributed by atoms with Crippen molar-refractivity contribution >= 4 is 23.4 Å². The Morgan fingerprint density at radius 2 is 1.95 bits per heavy atom. The highest BCUT2D eigenvalue weighted by molar-refractivity contribution is 5.68. The summed E-state index contributed by atoms with van der Waals surface area (Å²) in [6, 6.07) is 4.92. The number of aromatic nitrogens is 4. The Labute approximate surface area is 241 Å². The molecule has 5 rings (SSSR count). The molecule has 5 heterocycles. The number of pyridine rings is 1. The number of unbranched alkanes of at least 4 members (excludes halogenated alkanes) is 1. The van der Waals surface area contributed by atoms with Crippen LogP contribution in [0, 0.1) is 11.7 Å². The molecule has 2 fully saturated rings. The van der Waals surface area contributed by atoms with Crippen molar-refractivity contribution < 1.29 is 18.7 Å². The molecule has 2 N–H and O–H groups in total. The standard InChI is InChI=1S/C30H42FN7O3/c1-30(2,3)41-29(39)37-14-6-8-23(20-37)34-26-17-25(32-13-5-4-7-21-11-15-40-16-12-21)35-28(36-26)24-18-33-27-10-9-22(31)19-38(24)27/h9-10,17-19,21,23H,4-8,11-16,20H2,1-3H3,(H2,32,34,35,36)/t23-/m1/s1. The maximum atomic E-state index is 14.1. The van der Waals surface area contributed by atoms with E-state index in [2.05, 4.69) is 15.6 Å². The number of anilines is 2. The summed E-state index contributed by atoms with van der Waals surface area (Å²) in [7, 11) is 0. The number of hydrogen-bond donors (Lipinski definition) is 2. The fraction of sp³-hybridized carbons (Fsp3) is 0.600. The predicted octanol–water partition coefficient (Wildman–Crippen LogP) is 5.75. The van der Waals surface area contributed by atoms with Gasteiger partial charge in [0.15, 0.2) is 5.82 Å². The lowest BCUT2D eigenvalue weighted by Crippen LogP contribution is -2.47. The van der Waals surface area contributed by atoms with Crippen LogP contribution in [0.4, 0.5) is 20.8 Å². The minimum Gasteiger partial charge on any atom is -0.444 e. The fourth-order valence-corrected chi connectivity index (χ4v) is 5.45. The van der Waals surface area contributed by atoms with E-state index in [1.54, 1.807) is 21.6 Å². The van der Waals surface area contributed by atoms with Gasteiger partial charge in [-0.05, 0) is 70.9 Å². The Bertz CT molecular complexity index is 1320. The van der Waals surface area contributed by atoms with Gasteiger partial charge in [-0.2, -0.15) is 0 Å². The second-order valence-corrected chi connectivity index (χ2v) is 12.1. The van der Waals surface area contributed by atoms with Crippen LogP contribution in [0.5, 0.6) is 0 Å². The van der Waals surface area contributed by atoms with Crippen molar-refractivity contribution in [1.82, 2.24) is 24.3 Å². The fourth-order valence-electron chi connectivity index (χ4n) is 5.45. The van der Waals surface area contributed by atoms with Crippen LogP contribution in [0.1, 0.15) is 65.7 Å². The summed E-state index contributed by atoms with van der Waals surface area (Å²) in [4.78, 5) is 28.4. The summed E-state index contributed by atoms with van der Waals surface area (Å²) in [5.41, 5.74) is 0.675. The smallest absolute Gasteiger partial charge is 0.410 e. The zero-order valence-electron chi connectivity index (χ0n) is 24.4. The molecule has 1 amide bonds. The van der Waals surface area contributed by atoms with Gasteiger partial charge in [-0.3, -0.25) is 4.40 Å². The van der Waals surface area contributed by atoms with Gasteiger partial charge >= 0.3 is 6.09 Å². The number of hydrogen-bond acceptors (Lipinski definition) is 8. The minimum atomic E-state index is -0.544. The monoisotopic (exact) mass is 567 g/mol. The number of nitrogens with zero attached hydrogens (tertiary/aromatic N) is 5. The van der Waals surface area contributed by atoms with Crippen molar-refractivity contribution in [2.75, 3.05) is 43.5 Å². The van der Waals surface area contributed by atoms with E-state index < -0.39 is 5.60 Å². The van der Waals surface area contributed by atoms with Crippen LogP contribution < -0.4 is 10.6 Å². The number of halogens is 1. The van der Waals surface area contributed by atoms with E-state index in [0.717, 1.165) is 64.2 Å². The first-order valence-corrected chi connectivity index (χ1v) is 14.8. The van der Waals surface area contributed by atoms with Gasteiger partial charge in [0.1, 0.15) is 34.4 Å². The number of likely N-dealkylation sites (tertiary alicyclic amines) is 1. The molecule has 0 spiro atoms. The molecule has 2 aliphatic heterocycles. The van der Waals surface area contributed by atoms with Gasteiger partial charge in [-0.15, -0.1) is 0 Å². The number of piperidine rings is 1. The van der Waals surface area contributed by atoms with Crippen LogP contribution in [0.3, 0.4) is 0 Å². The molecule has 3 aromatic heterocycles. The summed E-state index contributed by atoms with van der Waals surface area (Å²) in [6.45, 7) is 9.35. The third-order valence-corrected chi connectivity index (χ3v) is 7.54. The van der Waals surface area contributed by atoms with E-state index in [0.29, 0.717) is 41.9 Å². The molecule has 0 bridgehead atoms. The van der Waals surface area contributed by atoms with E-state index in [4.69, 9.17) is 19.4 Å². The molecule has 2 saturated heterocycles. The molecule has 10 nitrogen and oxygen atoms in total. The third-order valence-electron chi connectivity index (χ3n) is 7.54. The van der Waals surface area contributed by atoms with E-state index in [1.807, 2.05) is 26.8 Å². The predicted molar refractivity (Wildman–Crippen MR) is 157 cm³/mol. The van der Waals surface area contributed by atoms with E-state index in [9.17, 15) is 9.18 Å². The lowest BCUT2D eigenvalue weighted by molar-refractivity contribution is 0.0206. The highest BCUT2D eigenvalue weighted by Gasteiger charge is 2.28. The number of amides is 1. The van der Waals surface area contributed by atoms with Gasteiger partial charge < -0.3 is 25.0 Å². The molecular formula is C30H42FN7O3. The van der Waals surface area contributed by atoms with Gasteiger partial charge in [-0.25, -0.2) is 24.1 Å². The Kier molecular flexibility index (Phi) is 9.22. The summed E-state index contributed by atoms with van der Waals surface area (Å²) in [6.07, 6.45) is 10.2. The topological polar surface area (TPSA) is 106 Å². The summed E-state index contributed by atoms with van der Waals surface area (Å²) in [5, 5.41) is 6.99. The molecule has 3 aromatic rings. The lowest BCUT2D eigenvalue weighted by Gasteiger charge is -2.34. The van der Waals surface area contributed by atoms with E-state index in [1.165, 1.54) is 18.7 Å². The molecule has 222 valence electrons. The Balaban J connectivity index is 1.30. The molecule has 0 radical (unpaired) electrons. The van der Waals surface area contributed by atoms with Crippen molar-refractivity contribution in [3.63, 3.8) is 0 Å². The summed E-state index contributed by atoms with van der Waals surface area (Å²) in [5.74, 6) is 2.17. The van der Waals surface area contributed by atoms with Gasteiger partial charge in [0.2, 0.25) is 0 Å². The quantitative estimate of drug-likeness (QED) is 0.315. The molecular weight excluding hydrogens is 525 g/mol. The lowest BCUT2D eigenvalue weighted by atomic mass is 9.94. The van der Waals surface area contributed by atoms with Crippen molar-refractivity contribution in [3.05, 3.63) is 36.4 Å². The average molecular weight is 568 g/mol. The van der Waals surface area contributed by atoms with E-state index in [-0.39, 0.29) is 18.0 Å². The average Bonchev–Trinajstić information content (AvgIpc) is 3.36. The first-order valence-electron chi connectivity index (χ1n) is 14.8. The highest BCUT2D eigenvalue weighted by atomic mass is 19.1. The van der Waals surface area contributed by atoms with Crippen LogP contribution in [-0.4, -0.2) is 74.8 Å². The van der Waals surface area contributed by atoms with Crippen LogP contribution in [0.15, 0.2) is 30.6 Å². The summed E-state index contributed by atoms with van der Waals surface area (Å²) < 4.78 is 26.8. The number of nitrogens with one attached hydrogen (secondary N) is 2. The second-order valence-electron chi connectivity index (χ2n) is 12.1. The Hall–Kier alpha value is -3.47. The Morgan fingerprint density at radius 3 is 2.76 bits per heavy atom. The van der Waals surface area contributed by atoms with Crippen molar-refractivity contribution in [3.8, 4) is 11.5 Å². The SMILES string of the molecule is CC(C)(C)OC(=O)N1CCC[C@@H](Nc2cc(NCCCCC3CCOCC3)nc(-c3cnc4ccc(F)cn34)n2)C1. The van der Waals surface area contributed by atoms with Crippen molar-refractivity contribution in [1.29, 1.82) is 0 Å². The third kappa shape index (κ3) is 8.06. The number of carbonyl (C=O) groups is 1. The zero-order chi connectivity index (χ0) is 28.8. The van der Waals surface area contributed by atoms with Gasteiger partial charge in [0.25, 0.3) is 0 Å². The number of carbonyl (C=O) groups excluding carboxylic acids is 1.